The molecule has 0 aromatic heterocycles. The molecular weight excluding hydrogens is 315 g/mol. The Morgan fingerprint density at radius 2 is 1.57 bits per heavy atom. The lowest BCUT2D eigenvalue weighted by Gasteiger charge is -2.12. The Kier molecular flexibility index (Phi) is 13.4. The second kappa shape index (κ2) is 13.8. The van der Waals surface area contributed by atoms with E-state index in [-0.39, 0.29) is 19.4 Å². The predicted molar refractivity (Wildman–Crippen MR) is 93.6 cm³/mol. The van der Waals surface area contributed by atoms with Crippen LogP contribution in [0.3, 0.4) is 0 Å². The molecule has 1 atom stereocenters. The fourth-order valence-corrected chi connectivity index (χ4v) is 3.23. The summed E-state index contributed by atoms with van der Waals surface area (Å²) >= 11 is 0. The van der Waals surface area contributed by atoms with Gasteiger partial charge in [0.25, 0.3) is 0 Å². The number of carbonyl (C=O) groups is 1. The van der Waals surface area contributed by atoms with Crippen LogP contribution in [0.4, 0.5) is 0 Å². The van der Waals surface area contributed by atoms with Crippen molar-refractivity contribution in [3.05, 3.63) is 12.2 Å². The summed E-state index contributed by atoms with van der Waals surface area (Å²) in [6, 6.07) is 0. The van der Waals surface area contributed by atoms with Crippen LogP contribution in [0.1, 0.15) is 71.6 Å². The van der Waals surface area contributed by atoms with Crippen LogP contribution in [-0.4, -0.2) is 30.2 Å². The van der Waals surface area contributed by atoms with Gasteiger partial charge in [-0.2, -0.15) is 0 Å². The van der Waals surface area contributed by atoms with E-state index >= 15 is 0 Å². The quantitative estimate of drug-likeness (QED) is 0.198. The number of esters is 1. The SMILES string of the molecule is C=C(C)C(=O)OCCCOP(=O)(O)CCCCCCCCCC. The van der Waals surface area contributed by atoms with Crippen LogP contribution in [0.2, 0.25) is 0 Å². The fourth-order valence-electron chi connectivity index (χ4n) is 2.06. The zero-order valence-corrected chi connectivity index (χ0v) is 15.6. The highest BCUT2D eigenvalue weighted by Gasteiger charge is 2.18. The van der Waals surface area contributed by atoms with E-state index < -0.39 is 13.6 Å². The normalized spacial score (nSPS) is 13.5. The van der Waals surface area contributed by atoms with Crippen molar-refractivity contribution < 1.29 is 23.5 Å². The maximum Gasteiger partial charge on any atom is 0.333 e. The minimum Gasteiger partial charge on any atom is -0.462 e. The molecule has 0 aliphatic carbocycles. The molecule has 0 amide bonds. The van der Waals surface area contributed by atoms with E-state index in [1.807, 2.05) is 0 Å². The van der Waals surface area contributed by atoms with Crippen LogP contribution in [-0.2, 0) is 18.6 Å². The second-order valence-electron chi connectivity index (χ2n) is 5.94. The molecule has 5 nitrogen and oxygen atoms in total. The van der Waals surface area contributed by atoms with E-state index in [1.54, 1.807) is 6.92 Å². The van der Waals surface area contributed by atoms with E-state index in [4.69, 9.17) is 9.26 Å². The first kappa shape index (κ1) is 22.4. The maximum atomic E-state index is 11.8. The van der Waals surface area contributed by atoms with Crippen LogP contribution in [0.25, 0.3) is 0 Å². The third-order valence-electron chi connectivity index (χ3n) is 3.46. The molecule has 0 heterocycles. The van der Waals surface area contributed by atoms with Gasteiger partial charge in [-0.15, -0.1) is 0 Å². The molecule has 1 N–H and O–H groups in total. The van der Waals surface area contributed by atoms with Crippen molar-refractivity contribution in [2.24, 2.45) is 0 Å². The summed E-state index contributed by atoms with van der Waals surface area (Å²) in [5.74, 6) is -0.448. The van der Waals surface area contributed by atoms with Crippen LogP contribution in [0.15, 0.2) is 12.2 Å². The number of hydrogen-bond acceptors (Lipinski definition) is 4. The fraction of sp³-hybridized carbons (Fsp3) is 0.824. The van der Waals surface area contributed by atoms with Crippen molar-refractivity contribution in [2.75, 3.05) is 19.4 Å². The molecule has 6 heteroatoms. The zero-order valence-electron chi connectivity index (χ0n) is 14.7. The third-order valence-corrected chi connectivity index (χ3v) is 4.92. The first-order valence-corrected chi connectivity index (χ1v) is 10.4. The topological polar surface area (TPSA) is 72.8 Å². The molecule has 0 aliphatic heterocycles. The van der Waals surface area contributed by atoms with Gasteiger partial charge in [-0.25, -0.2) is 4.79 Å². The number of hydrogen-bond donors (Lipinski definition) is 1. The average molecular weight is 348 g/mol. The Morgan fingerprint density at radius 1 is 1.00 bits per heavy atom. The molecule has 0 fully saturated rings. The monoisotopic (exact) mass is 348 g/mol. The lowest BCUT2D eigenvalue weighted by Crippen LogP contribution is -2.08. The van der Waals surface area contributed by atoms with E-state index in [2.05, 4.69) is 13.5 Å². The van der Waals surface area contributed by atoms with Crippen LogP contribution >= 0.6 is 7.60 Å². The van der Waals surface area contributed by atoms with Crippen molar-refractivity contribution in [1.82, 2.24) is 0 Å². The smallest absolute Gasteiger partial charge is 0.333 e. The molecule has 0 aromatic carbocycles. The minimum atomic E-state index is -3.50. The lowest BCUT2D eigenvalue weighted by atomic mass is 10.1. The van der Waals surface area contributed by atoms with Gasteiger partial charge in [0.05, 0.1) is 13.2 Å². The molecule has 23 heavy (non-hydrogen) atoms. The first-order chi connectivity index (χ1) is 10.9. The Labute approximate surface area is 141 Å². The number of carbonyl (C=O) groups excluding carboxylic acids is 1. The molecule has 0 radical (unpaired) electrons. The molecule has 0 bridgehead atoms. The Morgan fingerprint density at radius 3 is 2.13 bits per heavy atom. The van der Waals surface area contributed by atoms with Crippen LogP contribution in [0, 0.1) is 0 Å². The van der Waals surface area contributed by atoms with Gasteiger partial charge >= 0.3 is 13.6 Å². The highest BCUT2D eigenvalue weighted by molar-refractivity contribution is 7.52. The summed E-state index contributed by atoms with van der Waals surface area (Å²) in [6.07, 6.45) is 9.68. The molecule has 0 aliphatic rings. The Bertz CT molecular complexity index is 381. The van der Waals surface area contributed by atoms with Gasteiger partial charge in [-0.05, 0) is 13.3 Å². The van der Waals surface area contributed by atoms with Gasteiger partial charge in [-0.3, -0.25) is 4.57 Å². The predicted octanol–water partition coefficient (Wildman–Crippen LogP) is 4.84. The molecule has 0 rings (SSSR count). The van der Waals surface area contributed by atoms with Crippen molar-refractivity contribution in [3.8, 4) is 0 Å². The van der Waals surface area contributed by atoms with Crippen molar-refractivity contribution >= 4 is 13.6 Å². The summed E-state index contributed by atoms with van der Waals surface area (Å²) in [4.78, 5) is 20.8. The van der Waals surface area contributed by atoms with E-state index in [0.29, 0.717) is 18.4 Å². The van der Waals surface area contributed by atoms with E-state index in [1.165, 1.54) is 32.1 Å². The van der Waals surface area contributed by atoms with Crippen LogP contribution < -0.4 is 0 Å². The molecular formula is C17H33O5P. The van der Waals surface area contributed by atoms with Gasteiger partial charge in [0.2, 0.25) is 0 Å². The molecule has 0 spiro atoms. The van der Waals surface area contributed by atoms with E-state index in [9.17, 15) is 14.3 Å². The molecule has 0 aromatic rings. The standard InChI is InChI=1S/C17H33O5P/c1-4-5-6-7-8-9-10-11-15-23(19,20)22-14-12-13-21-17(18)16(2)3/h2,4-15H2,1,3H3,(H,19,20). The van der Waals surface area contributed by atoms with Crippen molar-refractivity contribution in [3.63, 3.8) is 0 Å². The number of unbranched alkanes of at least 4 members (excludes halogenated alkanes) is 7. The van der Waals surface area contributed by atoms with E-state index in [0.717, 1.165) is 12.8 Å². The maximum absolute atomic E-state index is 11.8. The average Bonchev–Trinajstić information content (AvgIpc) is 2.49. The zero-order chi connectivity index (χ0) is 17.6. The lowest BCUT2D eigenvalue weighted by molar-refractivity contribution is -0.139. The third kappa shape index (κ3) is 14.7. The summed E-state index contributed by atoms with van der Waals surface area (Å²) in [7, 11) is -3.50. The van der Waals surface area contributed by atoms with Crippen LogP contribution in [0.5, 0.6) is 0 Å². The number of rotatable bonds is 15. The largest absolute Gasteiger partial charge is 0.462 e. The molecule has 0 saturated carbocycles. The van der Waals surface area contributed by atoms with Crippen molar-refractivity contribution in [2.45, 2.75) is 71.6 Å². The highest BCUT2D eigenvalue weighted by atomic mass is 31.2. The minimum absolute atomic E-state index is 0.119. The summed E-state index contributed by atoms with van der Waals surface area (Å²) in [6.45, 7) is 7.53. The van der Waals surface area contributed by atoms with Gasteiger partial charge < -0.3 is 14.2 Å². The molecule has 1 unspecified atom stereocenters. The van der Waals surface area contributed by atoms with Crippen molar-refractivity contribution in [1.29, 1.82) is 0 Å². The number of ether oxygens (including phenoxy) is 1. The first-order valence-electron chi connectivity index (χ1n) is 8.68. The van der Waals surface area contributed by atoms with Gasteiger partial charge in [-0.1, -0.05) is 58.4 Å². The highest BCUT2D eigenvalue weighted by Crippen LogP contribution is 2.42. The van der Waals surface area contributed by atoms with Gasteiger partial charge in [0, 0.05) is 18.2 Å². The Balaban J connectivity index is 3.52. The van der Waals surface area contributed by atoms with Gasteiger partial charge in [0.1, 0.15) is 0 Å². The summed E-state index contributed by atoms with van der Waals surface area (Å²) in [5.41, 5.74) is 0.341. The Hall–Kier alpha value is -0.640. The molecule has 136 valence electrons. The molecule has 0 saturated heterocycles. The summed E-state index contributed by atoms with van der Waals surface area (Å²) in [5, 5.41) is 0. The summed E-state index contributed by atoms with van der Waals surface area (Å²) < 4.78 is 21.7. The second-order valence-corrected chi connectivity index (χ2v) is 7.92. The van der Waals surface area contributed by atoms with Gasteiger partial charge in [0.15, 0.2) is 0 Å².